The lowest BCUT2D eigenvalue weighted by Crippen LogP contribution is -2.17. The molecule has 25 heavy (non-hydrogen) atoms. The summed E-state index contributed by atoms with van der Waals surface area (Å²) in [5, 5.41) is 3.80. The summed E-state index contributed by atoms with van der Waals surface area (Å²) in [5.41, 5.74) is 4.16. The molecule has 2 aromatic rings. The zero-order valence-electron chi connectivity index (χ0n) is 13.8. The van der Waals surface area contributed by atoms with Crippen LogP contribution in [-0.2, 0) is 6.42 Å². The van der Waals surface area contributed by atoms with Crippen LogP contribution in [0.25, 0.3) is 0 Å². The van der Waals surface area contributed by atoms with Gasteiger partial charge in [0.25, 0.3) is 5.91 Å². The van der Waals surface area contributed by atoms with Crippen molar-refractivity contribution in [3.63, 3.8) is 0 Å². The van der Waals surface area contributed by atoms with Gasteiger partial charge in [0, 0.05) is 11.1 Å². The first kappa shape index (κ1) is 18.4. The first-order valence-corrected chi connectivity index (χ1v) is 7.59. The predicted octanol–water partition coefficient (Wildman–Crippen LogP) is 3.62. The molecule has 7 heteroatoms. The van der Waals surface area contributed by atoms with Crippen molar-refractivity contribution in [3.05, 3.63) is 59.2 Å². The minimum Gasteiger partial charge on any atom is -0.493 e. The highest BCUT2D eigenvalue weighted by Crippen LogP contribution is 2.31. The van der Waals surface area contributed by atoms with Crippen LogP contribution in [-0.4, -0.2) is 25.8 Å². The second-order valence-corrected chi connectivity index (χ2v) is 5.01. The summed E-state index contributed by atoms with van der Waals surface area (Å²) in [4.78, 5) is 12.0. The molecule has 2 aromatic carbocycles. The molecular weight excluding hydrogens is 330 g/mol. The Kier molecular flexibility index (Phi) is 6.45. The van der Waals surface area contributed by atoms with Gasteiger partial charge < -0.3 is 9.47 Å². The zero-order chi connectivity index (χ0) is 18.2. The quantitative estimate of drug-likeness (QED) is 0.614. The number of aryl methyl sites for hydroxylation is 1. The van der Waals surface area contributed by atoms with Gasteiger partial charge in [0.15, 0.2) is 11.5 Å². The van der Waals surface area contributed by atoms with Gasteiger partial charge in [0.2, 0.25) is 0 Å². The number of rotatable bonds is 7. The van der Waals surface area contributed by atoms with Gasteiger partial charge in [-0.3, -0.25) is 4.79 Å². The van der Waals surface area contributed by atoms with Crippen LogP contribution in [0.1, 0.15) is 28.4 Å². The van der Waals surface area contributed by atoms with Gasteiger partial charge in [-0.2, -0.15) is 13.9 Å². The lowest BCUT2D eigenvalue weighted by Gasteiger charge is -2.11. The number of halogens is 2. The summed E-state index contributed by atoms with van der Waals surface area (Å²) in [7, 11) is 1.34. The van der Waals surface area contributed by atoms with Gasteiger partial charge in [-0.15, -0.1) is 0 Å². The Bertz CT molecular complexity index is 746. The van der Waals surface area contributed by atoms with E-state index in [2.05, 4.69) is 15.3 Å². The van der Waals surface area contributed by atoms with Gasteiger partial charge in [0.05, 0.1) is 13.3 Å². The maximum atomic E-state index is 12.6. The fourth-order valence-corrected chi connectivity index (χ4v) is 2.13. The molecule has 0 aliphatic rings. The molecule has 0 spiro atoms. The molecule has 0 unspecified atom stereocenters. The van der Waals surface area contributed by atoms with Gasteiger partial charge in [0.1, 0.15) is 0 Å². The fraction of sp³-hybridized carbons (Fsp3) is 0.222. The van der Waals surface area contributed by atoms with Crippen LogP contribution >= 0.6 is 0 Å². The molecule has 0 fully saturated rings. The number of hydrazone groups is 1. The lowest BCUT2D eigenvalue weighted by atomic mass is 10.1. The molecule has 2 rings (SSSR count). The van der Waals surface area contributed by atoms with E-state index >= 15 is 0 Å². The van der Waals surface area contributed by atoms with Crippen molar-refractivity contribution >= 4 is 12.1 Å². The number of hydrogen-bond donors (Lipinski definition) is 1. The number of methoxy groups -OCH3 is 1. The van der Waals surface area contributed by atoms with E-state index in [-0.39, 0.29) is 17.1 Å². The Morgan fingerprint density at radius 3 is 2.56 bits per heavy atom. The number of hydrogen-bond acceptors (Lipinski definition) is 4. The number of para-hydroxylation sites is 1. The molecule has 0 radical (unpaired) electrons. The largest absolute Gasteiger partial charge is 0.493 e. The molecule has 0 saturated carbocycles. The summed E-state index contributed by atoms with van der Waals surface area (Å²) >= 11 is 0. The molecule has 0 bridgehead atoms. The number of benzene rings is 2. The molecule has 5 nitrogen and oxygen atoms in total. The average Bonchev–Trinajstić information content (AvgIpc) is 2.62. The topological polar surface area (TPSA) is 59.9 Å². The van der Waals surface area contributed by atoms with Crippen molar-refractivity contribution in [3.8, 4) is 11.5 Å². The molecular formula is C18H18F2N2O3. The van der Waals surface area contributed by atoms with Crippen LogP contribution in [0.2, 0.25) is 0 Å². The van der Waals surface area contributed by atoms with E-state index in [4.69, 9.17) is 4.74 Å². The van der Waals surface area contributed by atoms with Crippen LogP contribution in [0.3, 0.4) is 0 Å². The van der Waals surface area contributed by atoms with Crippen LogP contribution in [0.5, 0.6) is 11.5 Å². The number of alkyl halides is 2. The number of carbonyl (C=O) groups is 1. The number of carbonyl (C=O) groups excluding carboxylic acids is 1. The Balaban J connectivity index is 2.11. The molecule has 0 aliphatic heterocycles. The molecule has 0 saturated heterocycles. The Labute approximate surface area is 144 Å². The predicted molar refractivity (Wildman–Crippen MR) is 90.5 cm³/mol. The first-order chi connectivity index (χ1) is 12.0. The van der Waals surface area contributed by atoms with E-state index in [1.165, 1.54) is 25.5 Å². The minimum atomic E-state index is -3.00. The molecule has 0 heterocycles. The average molecular weight is 348 g/mol. The molecule has 1 N–H and O–H groups in total. The van der Waals surface area contributed by atoms with E-state index in [9.17, 15) is 13.6 Å². The smallest absolute Gasteiger partial charge is 0.387 e. The van der Waals surface area contributed by atoms with Crippen molar-refractivity contribution in [2.75, 3.05) is 7.11 Å². The van der Waals surface area contributed by atoms with Crippen LogP contribution < -0.4 is 14.9 Å². The molecule has 0 aromatic heterocycles. The summed E-state index contributed by atoms with van der Waals surface area (Å²) < 4.78 is 34.6. The van der Waals surface area contributed by atoms with Crippen LogP contribution in [0, 0.1) is 0 Å². The summed E-state index contributed by atoms with van der Waals surface area (Å²) in [6.45, 7) is -0.984. The number of nitrogens with zero attached hydrogens (tertiary/aromatic N) is 1. The van der Waals surface area contributed by atoms with Crippen molar-refractivity contribution in [1.82, 2.24) is 5.43 Å². The van der Waals surface area contributed by atoms with Crippen LogP contribution in [0.15, 0.2) is 47.6 Å². The highest BCUT2D eigenvalue weighted by atomic mass is 19.3. The molecule has 1 amide bonds. The summed E-state index contributed by atoms with van der Waals surface area (Å²) in [6, 6.07) is 11.7. The van der Waals surface area contributed by atoms with Crippen LogP contribution in [0.4, 0.5) is 8.78 Å². The second kappa shape index (κ2) is 8.77. The number of ether oxygens (including phenoxy) is 2. The Hall–Kier alpha value is -2.96. The van der Waals surface area contributed by atoms with Gasteiger partial charge in [-0.25, -0.2) is 5.43 Å². The monoisotopic (exact) mass is 348 g/mol. The molecule has 0 atom stereocenters. The van der Waals surface area contributed by atoms with Crippen molar-refractivity contribution in [2.24, 2.45) is 5.10 Å². The lowest BCUT2D eigenvalue weighted by molar-refractivity contribution is -0.0513. The first-order valence-electron chi connectivity index (χ1n) is 7.59. The molecule has 0 aliphatic carbocycles. The van der Waals surface area contributed by atoms with E-state index in [0.29, 0.717) is 5.56 Å². The molecule has 132 valence electrons. The van der Waals surface area contributed by atoms with E-state index in [1.807, 2.05) is 19.1 Å². The fourth-order valence-electron chi connectivity index (χ4n) is 2.13. The SMILES string of the molecule is CCc1ccc(C(=O)N/N=C\c2cccc(OC)c2OC(F)F)cc1. The second-order valence-electron chi connectivity index (χ2n) is 5.01. The Morgan fingerprint density at radius 2 is 1.96 bits per heavy atom. The third-order valence-corrected chi connectivity index (χ3v) is 3.43. The number of amides is 1. The third-order valence-electron chi connectivity index (χ3n) is 3.43. The highest BCUT2D eigenvalue weighted by Gasteiger charge is 2.14. The summed E-state index contributed by atoms with van der Waals surface area (Å²) in [5.74, 6) is -0.408. The normalized spacial score (nSPS) is 10.9. The zero-order valence-corrected chi connectivity index (χ0v) is 13.8. The van der Waals surface area contributed by atoms with Crippen molar-refractivity contribution in [2.45, 2.75) is 20.0 Å². The van der Waals surface area contributed by atoms with Gasteiger partial charge in [-0.05, 0) is 36.2 Å². The highest BCUT2D eigenvalue weighted by molar-refractivity contribution is 5.95. The van der Waals surface area contributed by atoms with Gasteiger partial charge in [-0.1, -0.05) is 25.1 Å². The number of nitrogens with one attached hydrogen (secondary N) is 1. The van der Waals surface area contributed by atoms with E-state index in [1.54, 1.807) is 18.2 Å². The maximum Gasteiger partial charge on any atom is 0.387 e. The third kappa shape index (κ3) is 5.00. The van der Waals surface area contributed by atoms with Crippen molar-refractivity contribution < 1.29 is 23.0 Å². The van der Waals surface area contributed by atoms with E-state index < -0.39 is 12.5 Å². The van der Waals surface area contributed by atoms with Gasteiger partial charge >= 0.3 is 6.61 Å². The minimum absolute atomic E-state index is 0.144. The summed E-state index contributed by atoms with van der Waals surface area (Å²) in [6.07, 6.45) is 2.10. The van der Waals surface area contributed by atoms with Crippen molar-refractivity contribution in [1.29, 1.82) is 0 Å². The standard InChI is InChI=1S/C18H18F2N2O3/c1-3-12-7-9-13(10-8-12)17(23)22-21-11-14-5-4-6-15(24-2)16(14)25-18(19)20/h4-11,18H,3H2,1-2H3,(H,22,23)/b21-11-. The maximum absolute atomic E-state index is 12.6. The van der Waals surface area contributed by atoms with E-state index in [0.717, 1.165) is 12.0 Å². The Morgan fingerprint density at radius 1 is 1.24 bits per heavy atom.